The molecule has 0 atom stereocenters. The van der Waals surface area contributed by atoms with E-state index in [1.54, 1.807) is 77.3 Å². The number of hydrogen-bond donors (Lipinski definition) is 0. The Hall–Kier alpha value is -4.47. The lowest BCUT2D eigenvalue weighted by Gasteiger charge is -2.27. The fourth-order valence-electron chi connectivity index (χ4n) is 6.25. The second-order valence-electron chi connectivity index (χ2n) is 11.9. The molecule has 7 nitrogen and oxygen atoms in total. The van der Waals surface area contributed by atoms with E-state index < -0.39 is 0 Å². The lowest BCUT2D eigenvalue weighted by molar-refractivity contribution is 0.0919. The van der Waals surface area contributed by atoms with Gasteiger partial charge >= 0.3 is 0 Å². The number of anilines is 2. The zero-order valence-electron chi connectivity index (χ0n) is 26.1. The van der Waals surface area contributed by atoms with Gasteiger partial charge < -0.3 is 9.80 Å². The van der Waals surface area contributed by atoms with Crippen LogP contribution >= 0.6 is 22.7 Å². The number of hydrogen-bond acceptors (Lipinski definition) is 9. The summed E-state index contributed by atoms with van der Waals surface area (Å²) < 4.78 is 0. The van der Waals surface area contributed by atoms with Crippen LogP contribution in [0.1, 0.15) is 101 Å². The molecule has 0 saturated carbocycles. The third-order valence-electron chi connectivity index (χ3n) is 8.72. The van der Waals surface area contributed by atoms with Crippen molar-refractivity contribution < 1.29 is 24.0 Å². The van der Waals surface area contributed by atoms with Crippen molar-refractivity contribution >= 4 is 68.2 Å². The number of carbonyl (C=O) groups is 5. The van der Waals surface area contributed by atoms with E-state index in [9.17, 15) is 24.0 Å². The summed E-state index contributed by atoms with van der Waals surface area (Å²) in [6.07, 6.45) is 10.4. The van der Waals surface area contributed by atoms with Crippen molar-refractivity contribution in [3.63, 3.8) is 0 Å². The van der Waals surface area contributed by atoms with Gasteiger partial charge in [-0.05, 0) is 68.9 Å². The SMILES string of the molecule is O=C1C(=Cc2ccc(N3CCCCC3)s2)C(=O)c2ccccc21.O=C1CC(=O)c2ccccc21.O=Cc1ccc(N2CCCCC2)s1. The van der Waals surface area contributed by atoms with E-state index in [0.717, 1.165) is 42.2 Å². The molecule has 2 aromatic carbocycles. The Bertz CT molecular complexity index is 1770. The van der Waals surface area contributed by atoms with Gasteiger partial charge in [0.05, 0.1) is 26.9 Å². The van der Waals surface area contributed by atoms with E-state index in [2.05, 4.69) is 21.9 Å². The highest BCUT2D eigenvalue weighted by molar-refractivity contribution is 7.17. The Balaban J connectivity index is 0.000000136. The van der Waals surface area contributed by atoms with Crippen LogP contribution in [-0.4, -0.2) is 55.6 Å². The Kier molecular flexibility index (Phi) is 10.3. The molecule has 0 N–H and O–H groups in total. The zero-order chi connectivity index (χ0) is 32.8. The summed E-state index contributed by atoms with van der Waals surface area (Å²) in [5.41, 5.74) is 2.50. The number of rotatable bonds is 4. The number of thiophene rings is 2. The Labute approximate surface area is 282 Å². The first kappa shape index (κ1) is 32.5. The third kappa shape index (κ3) is 7.42. The summed E-state index contributed by atoms with van der Waals surface area (Å²) in [4.78, 5) is 64.0. The molecule has 0 spiro atoms. The summed E-state index contributed by atoms with van der Waals surface area (Å²) in [7, 11) is 0. The van der Waals surface area contributed by atoms with Gasteiger partial charge in [-0.25, -0.2) is 0 Å². The first-order chi connectivity index (χ1) is 22.9. The van der Waals surface area contributed by atoms with E-state index in [-0.39, 0.29) is 29.6 Å². The van der Waals surface area contributed by atoms with Crippen LogP contribution in [0.4, 0.5) is 10.0 Å². The molecule has 4 aromatic rings. The average Bonchev–Trinajstić information content (AvgIpc) is 3.91. The number of fused-ring (bicyclic) bond motifs is 2. The number of carbonyl (C=O) groups excluding carboxylic acids is 5. The molecular formula is C38H36N2O5S2. The van der Waals surface area contributed by atoms with Gasteiger partial charge in [0.2, 0.25) is 0 Å². The van der Waals surface area contributed by atoms with Crippen LogP contribution in [0.25, 0.3) is 6.08 Å². The van der Waals surface area contributed by atoms with E-state index in [1.807, 2.05) is 12.1 Å². The van der Waals surface area contributed by atoms with Gasteiger partial charge in [0.15, 0.2) is 29.4 Å². The summed E-state index contributed by atoms with van der Waals surface area (Å²) in [5.74, 6) is -0.409. The van der Waals surface area contributed by atoms with Crippen LogP contribution in [0.3, 0.4) is 0 Å². The molecule has 0 unspecified atom stereocenters. The van der Waals surface area contributed by atoms with Crippen molar-refractivity contribution in [2.45, 2.75) is 44.9 Å². The van der Waals surface area contributed by atoms with Crippen molar-refractivity contribution in [2.24, 2.45) is 0 Å². The molecule has 2 aliphatic heterocycles. The van der Waals surface area contributed by atoms with Gasteiger partial charge in [-0.3, -0.25) is 24.0 Å². The monoisotopic (exact) mass is 664 g/mol. The molecule has 9 heteroatoms. The molecule has 2 fully saturated rings. The summed E-state index contributed by atoms with van der Waals surface area (Å²) in [5, 5.41) is 2.48. The van der Waals surface area contributed by atoms with Gasteiger partial charge in [-0.15, -0.1) is 22.7 Å². The lowest BCUT2D eigenvalue weighted by Crippen LogP contribution is -2.28. The molecule has 0 bridgehead atoms. The average molecular weight is 665 g/mol. The predicted octanol–water partition coefficient (Wildman–Crippen LogP) is 8.21. The largest absolute Gasteiger partial charge is 0.363 e. The smallest absolute Gasteiger partial charge is 0.197 e. The number of piperidine rings is 2. The van der Waals surface area contributed by atoms with Crippen LogP contribution in [0.15, 0.2) is 78.4 Å². The third-order valence-corrected chi connectivity index (χ3v) is 10.9. The van der Waals surface area contributed by atoms with Gasteiger partial charge in [0.25, 0.3) is 0 Å². The number of benzene rings is 2. The Morgan fingerprint density at radius 2 is 0.936 bits per heavy atom. The fourth-order valence-corrected chi connectivity index (χ4v) is 8.12. The van der Waals surface area contributed by atoms with Crippen LogP contribution in [0.2, 0.25) is 0 Å². The molecule has 2 aromatic heterocycles. The zero-order valence-corrected chi connectivity index (χ0v) is 27.7. The van der Waals surface area contributed by atoms with Gasteiger partial charge in [0, 0.05) is 53.3 Å². The molecule has 4 heterocycles. The maximum atomic E-state index is 12.4. The van der Waals surface area contributed by atoms with E-state index >= 15 is 0 Å². The number of Topliss-reactive ketones (excluding diaryl/α,β-unsaturated/α-hetero) is 4. The summed E-state index contributed by atoms with van der Waals surface area (Å²) >= 11 is 3.25. The van der Waals surface area contributed by atoms with Crippen molar-refractivity contribution in [1.29, 1.82) is 0 Å². The molecule has 2 aliphatic carbocycles. The van der Waals surface area contributed by atoms with Crippen LogP contribution in [-0.2, 0) is 0 Å². The summed E-state index contributed by atoms with van der Waals surface area (Å²) in [6.45, 7) is 4.50. The highest BCUT2D eigenvalue weighted by atomic mass is 32.1. The van der Waals surface area contributed by atoms with E-state index in [0.29, 0.717) is 27.8 Å². The maximum absolute atomic E-state index is 12.4. The quantitative estimate of drug-likeness (QED) is 0.0940. The van der Waals surface area contributed by atoms with E-state index in [4.69, 9.17) is 0 Å². The first-order valence-corrected chi connectivity index (χ1v) is 17.8. The number of allylic oxidation sites excluding steroid dienone is 1. The Morgan fingerprint density at radius 1 is 0.511 bits per heavy atom. The van der Waals surface area contributed by atoms with Gasteiger partial charge in [-0.2, -0.15) is 0 Å². The lowest BCUT2D eigenvalue weighted by atomic mass is 10.1. The normalized spacial score (nSPS) is 17.0. The van der Waals surface area contributed by atoms with Crippen LogP contribution < -0.4 is 9.80 Å². The number of aldehydes is 1. The van der Waals surface area contributed by atoms with Crippen LogP contribution in [0.5, 0.6) is 0 Å². The predicted molar refractivity (Wildman–Crippen MR) is 189 cm³/mol. The van der Waals surface area contributed by atoms with Crippen molar-refractivity contribution in [3.8, 4) is 0 Å². The molecule has 240 valence electrons. The molecule has 0 radical (unpaired) electrons. The Morgan fingerprint density at radius 3 is 1.38 bits per heavy atom. The van der Waals surface area contributed by atoms with Crippen LogP contribution in [0, 0.1) is 0 Å². The molecule has 2 saturated heterocycles. The molecule has 4 aliphatic rings. The standard InChI is InChI=1S/C19H17NO2S.C10H13NOS.C9H6O2/c21-18-14-6-2-3-7-15(14)19(22)16(18)12-13-8-9-17(23-13)20-10-4-1-5-11-20;12-8-9-4-5-10(13-9)11-6-2-1-3-7-11;10-8-5-9(11)7-4-2-1-3-6(7)8/h2-3,6-9,12H,1,4-5,10-11H2;4-5,8H,1-3,6-7H2;1-4H,5H2. The minimum absolute atomic E-state index is 0.0504. The first-order valence-electron chi connectivity index (χ1n) is 16.1. The molecule has 8 rings (SSSR count). The number of nitrogens with zero attached hydrogens (tertiary/aromatic N) is 2. The molecular weight excluding hydrogens is 629 g/mol. The second-order valence-corrected chi connectivity index (χ2v) is 14.1. The minimum Gasteiger partial charge on any atom is -0.363 e. The van der Waals surface area contributed by atoms with E-state index in [1.165, 1.54) is 48.5 Å². The minimum atomic E-state index is -0.154. The molecule has 47 heavy (non-hydrogen) atoms. The van der Waals surface area contributed by atoms with Crippen molar-refractivity contribution in [3.05, 3.63) is 110 Å². The fraction of sp³-hybridized carbons (Fsp3) is 0.289. The van der Waals surface area contributed by atoms with Gasteiger partial charge in [-0.1, -0.05) is 48.5 Å². The van der Waals surface area contributed by atoms with Gasteiger partial charge in [0.1, 0.15) is 0 Å². The highest BCUT2D eigenvalue weighted by Gasteiger charge is 2.32. The number of ketones is 4. The maximum Gasteiger partial charge on any atom is 0.197 e. The second kappa shape index (κ2) is 15.0. The highest BCUT2D eigenvalue weighted by Crippen LogP contribution is 2.33. The molecule has 0 amide bonds. The summed E-state index contributed by atoms with van der Waals surface area (Å²) in [6, 6.07) is 22.1. The topological polar surface area (TPSA) is 91.8 Å². The van der Waals surface area contributed by atoms with Crippen molar-refractivity contribution in [2.75, 3.05) is 36.0 Å². The van der Waals surface area contributed by atoms with Crippen molar-refractivity contribution in [1.82, 2.24) is 0 Å².